The van der Waals surface area contributed by atoms with Crippen LogP contribution >= 0.6 is 0 Å². The Labute approximate surface area is 175 Å². The molecule has 0 fully saturated rings. The van der Waals surface area contributed by atoms with Crippen molar-refractivity contribution in [3.63, 3.8) is 0 Å². The zero-order valence-corrected chi connectivity index (χ0v) is 16.8. The molecule has 5 rings (SSSR count). The van der Waals surface area contributed by atoms with Crippen LogP contribution in [0.3, 0.4) is 0 Å². The smallest absolute Gasteiger partial charge is 0.256 e. The van der Waals surface area contributed by atoms with Crippen molar-refractivity contribution in [2.75, 3.05) is 12.4 Å². The molecule has 0 atom stereocenters. The lowest BCUT2D eigenvalue weighted by molar-refractivity contribution is 0.102. The van der Waals surface area contributed by atoms with Crippen LogP contribution < -0.4 is 10.1 Å². The molecule has 4 nitrogen and oxygen atoms in total. The molecule has 1 N–H and O–H groups in total. The van der Waals surface area contributed by atoms with E-state index in [4.69, 9.17) is 9.72 Å². The second-order valence-corrected chi connectivity index (χ2v) is 7.56. The highest BCUT2D eigenvalue weighted by molar-refractivity contribution is 6.13. The standard InChI is InChI=1S/C26H22N2O2/c1-30-25-12-5-3-10-21(25)24-16-22(20-9-2-4-11-23(20)28-24)26(29)27-19-14-13-17-7-6-8-18(17)15-19/h2-5,9-16H,6-8H2,1H3,(H,27,29). The normalized spacial score (nSPS) is 12.6. The van der Waals surface area contributed by atoms with Crippen molar-refractivity contribution in [2.45, 2.75) is 19.3 Å². The Balaban J connectivity index is 1.58. The Hall–Kier alpha value is -3.66. The van der Waals surface area contributed by atoms with Crippen LogP contribution in [0.5, 0.6) is 5.75 Å². The third-order valence-electron chi connectivity index (χ3n) is 5.70. The summed E-state index contributed by atoms with van der Waals surface area (Å²) in [7, 11) is 1.64. The van der Waals surface area contributed by atoms with Gasteiger partial charge in [-0.2, -0.15) is 0 Å². The number of carbonyl (C=O) groups is 1. The lowest BCUT2D eigenvalue weighted by Gasteiger charge is -2.13. The van der Waals surface area contributed by atoms with Gasteiger partial charge in [0.15, 0.2) is 0 Å². The van der Waals surface area contributed by atoms with Gasteiger partial charge in [-0.3, -0.25) is 4.79 Å². The number of aromatic nitrogens is 1. The van der Waals surface area contributed by atoms with Crippen LogP contribution in [0.4, 0.5) is 5.69 Å². The maximum absolute atomic E-state index is 13.3. The van der Waals surface area contributed by atoms with Gasteiger partial charge < -0.3 is 10.1 Å². The molecule has 0 saturated carbocycles. The van der Waals surface area contributed by atoms with Crippen molar-refractivity contribution in [3.05, 3.63) is 89.5 Å². The molecule has 0 unspecified atom stereocenters. The summed E-state index contributed by atoms with van der Waals surface area (Å²) < 4.78 is 5.51. The molecule has 30 heavy (non-hydrogen) atoms. The molecule has 4 heteroatoms. The number of carbonyl (C=O) groups excluding carboxylic acids is 1. The second kappa shape index (κ2) is 7.64. The molecule has 1 amide bonds. The van der Waals surface area contributed by atoms with Crippen molar-refractivity contribution in [3.8, 4) is 17.0 Å². The SMILES string of the molecule is COc1ccccc1-c1cc(C(=O)Nc2ccc3c(c2)CCC3)c2ccccc2n1. The third kappa shape index (κ3) is 3.30. The molecule has 0 saturated heterocycles. The number of rotatable bonds is 4. The van der Waals surface area contributed by atoms with Crippen molar-refractivity contribution in [2.24, 2.45) is 0 Å². The van der Waals surface area contributed by atoms with Crippen molar-refractivity contribution >= 4 is 22.5 Å². The summed E-state index contributed by atoms with van der Waals surface area (Å²) in [6, 6.07) is 23.5. The predicted molar refractivity (Wildman–Crippen MR) is 120 cm³/mol. The Morgan fingerprint density at radius 3 is 2.63 bits per heavy atom. The number of fused-ring (bicyclic) bond motifs is 2. The topological polar surface area (TPSA) is 51.2 Å². The Bertz CT molecular complexity index is 1260. The van der Waals surface area contributed by atoms with E-state index in [2.05, 4.69) is 17.4 Å². The number of nitrogens with one attached hydrogen (secondary N) is 1. The third-order valence-corrected chi connectivity index (χ3v) is 5.70. The van der Waals surface area contributed by atoms with Crippen molar-refractivity contribution in [1.29, 1.82) is 0 Å². The number of hydrogen-bond acceptors (Lipinski definition) is 3. The van der Waals surface area contributed by atoms with Gasteiger partial charge in [-0.15, -0.1) is 0 Å². The zero-order valence-electron chi connectivity index (χ0n) is 16.8. The Morgan fingerprint density at radius 1 is 0.933 bits per heavy atom. The first kappa shape index (κ1) is 18.4. The summed E-state index contributed by atoms with van der Waals surface area (Å²) in [6.07, 6.45) is 3.39. The number of para-hydroxylation sites is 2. The van der Waals surface area contributed by atoms with Gasteiger partial charge in [-0.25, -0.2) is 4.98 Å². The van der Waals surface area contributed by atoms with Gasteiger partial charge in [0, 0.05) is 16.6 Å². The predicted octanol–water partition coefficient (Wildman–Crippen LogP) is 5.65. The van der Waals surface area contributed by atoms with Crippen LogP contribution in [0.2, 0.25) is 0 Å². The molecule has 0 spiro atoms. The number of pyridine rings is 1. The van der Waals surface area contributed by atoms with Crippen LogP contribution in [0, 0.1) is 0 Å². The van der Waals surface area contributed by atoms with E-state index in [9.17, 15) is 4.79 Å². The van der Waals surface area contributed by atoms with Crippen LogP contribution in [0.15, 0.2) is 72.8 Å². The largest absolute Gasteiger partial charge is 0.496 e. The van der Waals surface area contributed by atoms with E-state index in [0.29, 0.717) is 11.3 Å². The number of aryl methyl sites for hydroxylation is 2. The molecule has 4 aromatic rings. The average Bonchev–Trinajstić information content (AvgIpc) is 3.26. The molecule has 3 aromatic carbocycles. The number of ether oxygens (including phenoxy) is 1. The van der Waals surface area contributed by atoms with E-state index in [0.717, 1.165) is 40.7 Å². The van der Waals surface area contributed by atoms with Gasteiger partial charge in [-0.1, -0.05) is 36.4 Å². The van der Waals surface area contributed by atoms with E-state index in [1.165, 1.54) is 17.5 Å². The highest BCUT2D eigenvalue weighted by atomic mass is 16.5. The molecule has 0 bridgehead atoms. The molecule has 1 aromatic heterocycles. The fraction of sp³-hybridized carbons (Fsp3) is 0.154. The molecule has 0 radical (unpaired) electrons. The van der Waals surface area contributed by atoms with E-state index in [1.807, 2.05) is 60.7 Å². The van der Waals surface area contributed by atoms with E-state index < -0.39 is 0 Å². The summed E-state index contributed by atoms with van der Waals surface area (Å²) in [5.74, 6) is 0.591. The van der Waals surface area contributed by atoms with Gasteiger partial charge >= 0.3 is 0 Å². The number of amides is 1. The fourth-order valence-corrected chi connectivity index (χ4v) is 4.21. The number of benzene rings is 3. The molecular weight excluding hydrogens is 372 g/mol. The van der Waals surface area contributed by atoms with E-state index >= 15 is 0 Å². The Morgan fingerprint density at radius 2 is 1.73 bits per heavy atom. The van der Waals surface area contributed by atoms with Crippen molar-refractivity contribution in [1.82, 2.24) is 4.98 Å². The highest BCUT2D eigenvalue weighted by Gasteiger charge is 2.17. The lowest BCUT2D eigenvalue weighted by atomic mass is 10.0. The van der Waals surface area contributed by atoms with Crippen LogP contribution in [-0.4, -0.2) is 18.0 Å². The molecule has 1 aliphatic rings. The maximum atomic E-state index is 13.3. The Kier molecular flexibility index (Phi) is 4.68. The first-order chi connectivity index (χ1) is 14.7. The minimum atomic E-state index is -0.136. The maximum Gasteiger partial charge on any atom is 0.256 e. The number of hydrogen-bond donors (Lipinski definition) is 1. The average molecular weight is 394 g/mol. The summed E-state index contributed by atoms with van der Waals surface area (Å²) in [6.45, 7) is 0. The quantitative estimate of drug-likeness (QED) is 0.486. The van der Waals surface area contributed by atoms with Gasteiger partial charge in [-0.05, 0) is 66.8 Å². The second-order valence-electron chi connectivity index (χ2n) is 7.56. The molecular formula is C26H22N2O2. The number of nitrogens with zero attached hydrogens (tertiary/aromatic N) is 1. The first-order valence-corrected chi connectivity index (χ1v) is 10.2. The lowest BCUT2D eigenvalue weighted by Crippen LogP contribution is -2.13. The van der Waals surface area contributed by atoms with E-state index in [-0.39, 0.29) is 5.91 Å². The first-order valence-electron chi connectivity index (χ1n) is 10.2. The van der Waals surface area contributed by atoms with Crippen LogP contribution in [-0.2, 0) is 12.8 Å². The molecule has 148 valence electrons. The minimum Gasteiger partial charge on any atom is -0.496 e. The number of anilines is 1. The van der Waals surface area contributed by atoms with E-state index in [1.54, 1.807) is 7.11 Å². The zero-order chi connectivity index (χ0) is 20.5. The summed E-state index contributed by atoms with van der Waals surface area (Å²) in [5, 5.41) is 3.92. The fourth-order valence-electron chi connectivity index (χ4n) is 4.21. The highest BCUT2D eigenvalue weighted by Crippen LogP contribution is 2.32. The van der Waals surface area contributed by atoms with Crippen molar-refractivity contribution < 1.29 is 9.53 Å². The van der Waals surface area contributed by atoms with Gasteiger partial charge in [0.25, 0.3) is 5.91 Å². The molecule has 0 aliphatic heterocycles. The minimum absolute atomic E-state index is 0.136. The monoisotopic (exact) mass is 394 g/mol. The van der Waals surface area contributed by atoms with Crippen LogP contribution in [0.25, 0.3) is 22.2 Å². The summed E-state index contributed by atoms with van der Waals surface area (Å²) in [5.41, 5.74) is 6.51. The summed E-state index contributed by atoms with van der Waals surface area (Å²) in [4.78, 5) is 18.1. The van der Waals surface area contributed by atoms with Gasteiger partial charge in [0.05, 0.1) is 23.9 Å². The van der Waals surface area contributed by atoms with Crippen LogP contribution in [0.1, 0.15) is 27.9 Å². The molecule has 1 heterocycles. The number of methoxy groups -OCH3 is 1. The van der Waals surface area contributed by atoms with Gasteiger partial charge in [0.1, 0.15) is 5.75 Å². The summed E-state index contributed by atoms with van der Waals surface area (Å²) >= 11 is 0. The molecule has 1 aliphatic carbocycles. The van der Waals surface area contributed by atoms with Gasteiger partial charge in [0.2, 0.25) is 0 Å².